The van der Waals surface area contributed by atoms with Crippen molar-refractivity contribution in [3.8, 4) is 10.6 Å². The molecule has 2 heterocycles. The Morgan fingerprint density at radius 2 is 1.93 bits per heavy atom. The minimum atomic E-state index is -4.57. The van der Waals surface area contributed by atoms with Crippen LogP contribution in [-0.4, -0.2) is 15.8 Å². The van der Waals surface area contributed by atoms with Crippen LogP contribution < -0.4 is 0 Å². The highest BCUT2D eigenvalue weighted by atomic mass is 32.1. The van der Waals surface area contributed by atoms with Crippen molar-refractivity contribution >= 4 is 27.3 Å². The topological polar surface area (TPSA) is 42.9 Å². The zero-order valence-corrected chi connectivity index (χ0v) is 16.1. The molecule has 3 nitrogen and oxygen atoms in total. The number of alkyl halides is 3. The fourth-order valence-electron chi connectivity index (χ4n) is 3.13. The molecule has 0 aliphatic rings. The number of carbonyl (C=O) groups is 1. The van der Waals surface area contributed by atoms with Gasteiger partial charge in [-0.2, -0.15) is 13.2 Å². The summed E-state index contributed by atoms with van der Waals surface area (Å²) in [6.45, 7) is 1.67. The standard InChI is InChI=1S/C22H15F3N2OS/c1-13-5-6-17(22(23,24)25)16(9-13)19(28)11-14-3-2-4-15(10-14)21-27-18-7-8-26-12-20(18)29-21/h2-10,12H,11H2,1H3. The van der Waals surface area contributed by atoms with Gasteiger partial charge >= 0.3 is 6.18 Å². The number of rotatable bonds is 4. The van der Waals surface area contributed by atoms with Crippen molar-refractivity contribution in [3.05, 3.63) is 83.2 Å². The normalized spacial score (nSPS) is 11.7. The van der Waals surface area contributed by atoms with Crippen molar-refractivity contribution < 1.29 is 18.0 Å². The molecule has 4 aromatic rings. The average Bonchev–Trinajstić information content (AvgIpc) is 3.11. The Morgan fingerprint density at radius 3 is 2.69 bits per heavy atom. The van der Waals surface area contributed by atoms with Gasteiger partial charge in [0, 0.05) is 29.9 Å². The van der Waals surface area contributed by atoms with Gasteiger partial charge in [-0.05, 0) is 36.8 Å². The molecule has 0 spiro atoms. The second-order valence-corrected chi connectivity index (χ2v) is 7.74. The van der Waals surface area contributed by atoms with Gasteiger partial charge in [-0.1, -0.05) is 29.8 Å². The number of carbonyl (C=O) groups excluding carboxylic acids is 1. The summed E-state index contributed by atoms with van der Waals surface area (Å²) in [6.07, 6.45) is -1.29. The van der Waals surface area contributed by atoms with E-state index in [4.69, 9.17) is 0 Å². The van der Waals surface area contributed by atoms with Gasteiger partial charge in [0.05, 0.1) is 15.8 Å². The number of fused-ring (bicyclic) bond motifs is 1. The van der Waals surface area contributed by atoms with Crippen molar-refractivity contribution in [3.63, 3.8) is 0 Å². The molecule has 2 aromatic heterocycles. The number of hydrogen-bond donors (Lipinski definition) is 0. The Bertz CT molecular complexity index is 1180. The van der Waals surface area contributed by atoms with E-state index in [9.17, 15) is 18.0 Å². The highest BCUT2D eigenvalue weighted by Gasteiger charge is 2.35. The second-order valence-electron chi connectivity index (χ2n) is 6.71. The lowest BCUT2D eigenvalue weighted by Crippen LogP contribution is -2.15. The number of aryl methyl sites for hydroxylation is 1. The van der Waals surface area contributed by atoms with Crippen LogP contribution >= 0.6 is 11.3 Å². The monoisotopic (exact) mass is 412 g/mol. The van der Waals surface area contributed by atoms with Gasteiger partial charge in [0.15, 0.2) is 5.78 Å². The molecule has 0 saturated carbocycles. The summed E-state index contributed by atoms with van der Waals surface area (Å²) in [4.78, 5) is 21.3. The zero-order valence-electron chi connectivity index (χ0n) is 15.3. The minimum Gasteiger partial charge on any atom is -0.294 e. The zero-order chi connectivity index (χ0) is 20.6. The molecule has 2 aromatic carbocycles. The largest absolute Gasteiger partial charge is 0.417 e. The van der Waals surface area contributed by atoms with Gasteiger partial charge in [0.2, 0.25) is 0 Å². The number of nitrogens with zero attached hydrogens (tertiary/aromatic N) is 2. The highest BCUT2D eigenvalue weighted by Crippen LogP contribution is 2.34. The summed E-state index contributed by atoms with van der Waals surface area (Å²) in [5.74, 6) is -0.563. The third kappa shape index (κ3) is 4.05. The van der Waals surface area contributed by atoms with E-state index in [0.29, 0.717) is 11.1 Å². The van der Waals surface area contributed by atoms with E-state index in [1.807, 2.05) is 12.1 Å². The number of pyridine rings is 1. The van der Waals surface area contributed by atoms with E-state index < -0.39 is 17.5 Å². The fraction of sp³-hybridized carbons (Fsp3) is 0.136. The molecule has 0 bridgehead atoms. The second kappa shape index (κ2) is 7.40. The summed E-state index contributed by atoms with van der Waals surface area (Å²) < 4.78 is 40.8. The average molecular weight is 412 g/mol. The van der Waals surface area contributed by atoms with Crippen LogP contribution in [0.25, 0.3) is 20.8 Å². The maximum absolute atomic E-state index is 13.3. The first-order valence-corrected chi connectivity index (χ1v) is 9.64. The van der Waals surface area contributed by atoms with Crippen LogP contribution in [0.1, 0.15) is 27.0 Å². The van der Waals surface area contributed by atoms with Crippen molar-refractivity contribution in [2.75, 3.05) is 0 Å². The summed E-state index contributed by atoms with van der Waals surface area (Å²) in [5.41, 5.74) is 1.70. The number of thiazole rings is 1. The molecule has 0 N–H and O–H groups in total. The summed E-state index contributed by atoms with van der Waals surface area (Å²) in [6, 6.07) is 12.6. The molecule has 0 radical (unpaired) electrons. The Kier molecular flexibility index (Phi) is 4.92. The molecule has 0 amide bonds. The first kappa shape index (κ1) is 19.3. The quantitative estimate of drug-likeness (QED) is 0.380. The lowest BCUT2D eigenvalue weighted by molar-refractivity contribution is -0.137. The fourth-order valence-corrected chi connectivity index (χ4v) is 4.06. The molecule has 0 unspecified atom stereocenters. The number of Topliss-reactive ketones (excluding diaryl/α,β-unsaturated/α-hetero) is 1. The first-order valence-electron chi connectivity index (χ1n) is 8.82. The Morgan fingerprint density at radius 1 is 1.10 bits per heavy atom. The van der Waals surface area contributed by atoms with Crippen LogP contribution in [0.15, 0.2) is 60.9 Å². The van der Waals surface area contributed by atoms with E-state index in [-0.39, 0.29) is 12.0 Å². The van der Waals surface area contributed by atoms with Gasteiger partial charge in [-0.25, -0.2) is 4.98 Å². The highest BCUT2D eigenvalue weighted by molar-refractivity contribution is 7.21. The third-order valence-corrected chi connectivity index (χ3v) is 5.57. The maximum Gasteiger partial charge on any atom is 0.417 e. The van der Waals surface area contributed by atoms with Crippen LogP contribution in [0.2, 0.25) is 0 Å². The molecular formula is C22H15F3N2OS. The number of hydrogen-bond acceptors (Lipinski definition) is 4. The van der Waals surface area contributed by atoms with Gasteiger partial charge in [-0.15, -0.1) is 11.3 Å². The number of halogens is 3. The molecule has 7 heteroatoms. The molecule has 0 fully saturated rings. The van der Waals surface area contributed by atoms with Crippen molar-refractivity contribution in [2.45, 2.75) is 19.5 Å². The molecule has 4 rings (SSSR count). The summed E-state index contributed by atoms with van der Waals surface area (Å²) in [5, 5.41) is 0.772. The van der Waals surface area contributed by atoms with Gasteiger partial charge in [-0.3, -0.25) is 9.78 Å². The van der Waals surface area contributed by atoms with E-state index in [1.54, 1.807) is 37.5 Å². The predicted molar refractivity (Wildman–Crippen MR) is 107 cm³/mol. The molecule has 0 saturated heterocycles. The summed E-state index contributed by atoms with van der Waals surface area (Å²) in [7, 11) is 0. The van der Waals surface area contributed by atoms with E-state index in [0.717, 1.165) is 26.9 Å². The lowest BCUT2D eigenvalue weighted by atomic mass is 9.96. The molecule has 0 aliphatic heterocycles. The SMILES string of the molecule is Cc1ccc(C(F)(F)F)c(C(=O)Cc2cccc(-c3nc4ccncc4s3)c2)c1. The van der Waals surface area contributed by atoms with Gasteiger partial charge in [0.1, 0.15) is 5.01 Å². The van der Waals surface area contributed by atoms with Gasteiger partial charge in [0.25, 0.3) is 0 Å². The van der Waals surface area contributed by atoms with Crippen molar-refractivity contribution in [1.82, 2.24) is 9.97 Å². The van der Waals surface area contributed by atoms with Gasteiger partial charge < -0.3 is 0 Å². The van der Waals surface area contributed by atoms with Crippen LogP contribution in [0, 0.1) is 6.92 Å². The van der Waals surface area contributed by atoms with Crippen LogP contribution in [0.5, 0.6) is 0 Å². The Labute approximate surface area is 168 Å². The van der Waals surface area contributed by atoms with Crippen molar-refractivity contribution in [2.24, 2.45) is 0 Å². The van der Waals surface area contributed by atoms with E-state index >= 15 is 0 Å². The molecule has 0 aliphatic carbocycles. The molecule has 146 valence electrons. The van der Waals surface area contributed by atoms with Crippen LogP contribution in [-0.2, 0) is 12.6 Å². The molecular weight excluding hydrogens is 397 g/mol. The number of ketones is 1. The van der Waals surface area contributed by atoms with E-state index in [1.165, 1.54) is 23.5 Å². The Hall–Kier alpha value is -3.06. The molecule has 29 heavy (non-hydrogen) atoms. The third-order valence-electron chi connectivity index (χ3n) is 4.51. The predicted octanol–water partition coefficient (Wildman–Crippen LogP) is 6.11. The van der Waals surface area contributed by atoms with Crippen LogP contribution in [0.4, 0.5) is 13.2 Å². The molecule has 0 atom stereocenters. The Balaban J connectivity index is 1.65. The van der Waals surface area contributed by atoms with Crippen molar-refractivity contribution in [1.29, 1.82) is 0 Å². The smallest absolute Gasteiger partial charge is 0.294 e. The minimum absolute atomic E-state index is 0.118. The lowest BCUT2D eigenvalue weighted by Gasteiger charge is -2.13. The number of aromatic nitrogens is 2. The van der Waals surface area contributed by atoms with Crippen LogP contribution in [0.3, 0.4) is 0 Å². The maximum atomic E-state index is 13.3. The van der Waals surface area contributed by atoms with E-state index in [2.05, 4.69) is 9.97 Å². The summed E-state index contributed by atoms with van der Waals surface area (Å²) >= 11 is 1.47. The first-order chi connectivity index (χ1) is 13.8. The number of benzene rings is 2.